The van der Waals surface area contributed by atoms with Crippen LogP contribution in [0.1, 0.15) is 17.3 Å². The SMILES string of the molecule is O=C(NCCc1ccccn1)C(Cc1ccccc1)n1c(=O)[nH]c2ccccc2c1=O. The monoisotopic (exact) mass is 414 g/mol. The summed E-state index contributed by atoms with van der Waals surface area (Å²) in [4.78, 5) is 46.0. The van der Waals surface area contributed by atoms with E-state index in [2.05, 4.69) is 15.3 Å². The lowest BCUT2D eigenvalue weighted by molar-refractivity contribution is -0.124. The molecule has 0 aliphatic rings. The summed E-state index contributed by atoms with van der Waals surface area (Å²) in [5.41, 5.74) is 1.06. The van der Waals surface area contributed by atoms with Gasteiger partial charge in [-0.25, -0.2) is 9.36 Å². The molecular weight excluding hydrogens is 392 g/mol. The second kappa shape index (κ2) is 9.21. The Balaban J connectivity index is 1.66. The van der Waals surface area contributed by atoms with E-state index in [1.54, 1.807) is 30.5 Å². The Kier molecular flexibility index (Phi) is 6.03. The number of carbonyl (C=O) groups is 1. The van der Waals surface area contributed by atoms with Gasteiger partial charge >= 0.3 is 5.69 Å². The number of aromatic nitrogens is 3. The van der Waals surface area contributed by atoms with Gasteiger partial charge in [0.1, 0.15) is 6.04 Å². The van der Waals surface area contributed by atoms with Crippen molar-refractivity contribution in [1.82, 2.24) is 19.9 Å². The zero-order chi connectivity index (χ0) is 21.6. The summed E-state index contributed by atoms with van der Waals surface area (Å²) in [5, 5.41) is 3.22. The molecule has 1 unspecified atom stereocenters. The normalized spacial score (nSPS) is 11.9. The minimum Gasteiger partial charge on any atom is -0.354 e. The number of hydrogen-bond acceptors (Lipinski definition) is 4. The van der Waals surface area contributed by atoms with Crippen LogP contribution in [0.3, 0.4) is 0 Å². The molecule has 2 N–H and O–H groups in total. The first-order chi connectivity index (χ1) is 15.1. The average molecular weight is 414 g/mol. The highest BCUT2D eigenvalue weighted by Crippen LogP contribution is 2.13. The van der Waals surface area contributed by atoms with Crippen molar-refractivity contribution in [2.45, 2.75) is 18.9 Å². The summed E-state index contributed by atoms with van der Waals surface area (Å²) in [7, 11) is 0. The van der Waals surface area contributed by atoms with Crippen LogP contribution in [0.25, 0.3) is 10.9 Å². The summed E-state index contributed by atoms with van der Waals surface area (Å²) < 4.78 is 1.02. The topological polar surface area (TPSA) is 96.8 Å². The molecule has 2 heterocycles. The number of para-hydroxylation sites is 1. The van der Waals surface area contributed by atoms with E-state index in [0.717, 1.165) is 15.8 Å². The van der Waals surface area contributed by atoms with Crippen molar-refractivity contribution in [3.05, 3.63) is 111 Å². The molecule has 1 atom stereocenters. The summed E-state index contributed by atoms with van der Waals surface area (Å²) in [6.07, 6.45) is 2.47. The number of carbonyl (C=O) groups excluding carboxylic acids is 1. The van der Waals surface area contributed by atoms with Gasteiger partial charge < -0.3 is 10.3 Å². The summed E-state index contributed by atoms with van der Waals surface area (Å²) >= 11 is 0. The van der Waals surface area contributed by atoms with Crippen LogP contribution in [-0.4, -0.2) is 27.0 Å². The third-order valence-corrected chi connectivity index (χ3v) is 5.13. The van der Waals surface area contributed by atoms with Crippen molar-refractivity contribution >= 4 is 16.8 Å². The van der Waals surface area contributed by atoms with E-state index in [9.17, 15) is 14.4 Å². The molecule has 7 heteroatoms. The van der Waals surface area contributed by atoms with Crippen LogP contribution < -0.4 is 16.6 Å². The quantitative estimate of drug-likeness (QED) is 0.485. The molecule has 0 radical (unpaired) electrons. The minimum absolute atomic E-state index is 0.220. The van der Waals surface area contributed by atoms with Gasteiger partial charge in [-0.2, -0.15) is 0 Å². The molecule has 7 nitrogen and oxygen atoms in total. The molecule has 2 aromatic carbocycles. The summed E-state index contributed by atoms with van der Waals surface area (Å²) in [6.45, 7) is 0.349. The smallest absolute Gasteiger partial charge is 0.329 e. The van der Waals surface area contributed by atoms with E-state index >= 15 is 0 Å². The van der Waals surface area contributed by atoms with E-state index in [4.69, 9.17) is 0 Å². The van der Waals surface area contributed by atoms with Gasteiger partial charge in [0.2, 0.25) is 5.91 Å². The Hall–Kier alpha value is -4.00. The maximum Gasteiger partial charge on any atom is 0.329 e. The van der Waals surface area contributed by atoms with E-state index in [-0.39, 0.29) is 12.3 Å². The molecule has 0 aliphatic heterocycles. The number of benzene rings is 2. The van der Waals surface area contributed by atoms with Crippen molar-refractivity contribution in [3.8, 4) is 0 Å². The molecule has 2 aromatic heterocycles. The van der Waals surface area contributed by atoms with Crippen LogP contribution in [0.15, 0.2) is 88.6 Å². The van der Waals surface area contributed by atoms with Crippen molar-refractivity contribution in [3.63, 3.8) is 0 Å². The number of hydrogen-bond donors (Lipinski definition) is 2. The van der Waals surface area contributed by atoms with Crippen LogP contribution in [0.2, 0.25) is 0 Å². The Morgan fingerprint density at radius 3 is 2.48 bits per heavy atom. The first-order valence-electron chi connectivity index (χ1n) is 10.1. The van der Waals surface area contributed by atoms with E-state index in [1.165, 1.54) is 0 Å². The van der Waals surface area contributed by atoms with Crippen LogP contribution in [0, 0.1) is 0 Å². The minimum atomic E-state index is -0.980. The first-order valence-corrected chi connectivity index (χ1v) is 10.1. The molecule has 0 fully saturated rings. The molecule has 0 spiro atoms. The number of pyridine rings is 1. The number of aromatic amines is 1. The molecule has 31 heavy (non-hydrogen) atoms. The van der Waals surface area contributed by atoms with Gasteiger partial charge in [-0.05, 0) is 29.8 Å². The second-order valence-electron chi connectivity index (χ2n) is 7.22. The van der Waals surface area contributed by atoms with Gasteiger partial charge in [-0.15, -0.1) is 0 Å². The van der Waals surface area contributed by atoms with Gasteiger partial charge in [0.15, 0.2) is 0 Å². The van der Waals surface area contributed by atoms with Crippen LogP contribution in [0.4, 0.5) is 0 Å². The molecule has 0 saturated heterocycles. The number of nitrogens with one attached hydrogen (secondary N) is 2. The fourth-order valence-electron chi connectivity index (χ4n) is 3.58. The third kappa shape index (κ3) is 4.61. The fourth-order valence-corrected chi connectivity index (χ4v) is 3.58. The number of fused-ring (bicyclic) bond motifs is 1. The number of amides is 1. The lowest BCUT2D eigenvalue weighted by atomic mass is 10.0. The lowest BCUT2D eigenvalue weighted by Gasteiger charge is -2.19. The highest BCUT2D eigenvalue weighted by atomic mass is 16.2. The standard InChI is InChI=1S/C24H22N4O3/c29-22(26-15-13-18-10-6-7-14-25-18)21(16-17-8-2-1-3-9-17)28-23(30)19-11-4-5-12-20(19)27-24(28)31/h1-12,14,21H,13,15-16H2,(H,26,29)(H,27,31). The average Bonchev–Trinajstić information content (AvgIpc) is 2.80. The predicted molar refractivity (Wildman–Crippen MR) is 119 cm³/mol. The van der Waals surface area contributed by atoms with E-state index < -0.39 is 17.3 Å². The zero-order valence-corrected chi connectivity index (χ0v) is 16.8. The Labute approximate surface area is 178 Å². The molecule has 4 aromatic rings. The van der Waals surface area contributed by atoms with Gasteiger partial charge in [-0.3, -0.25) is 14.6 Å². The van der Waals surface area contributed by atoms with Crippen molar-refractivity contribution in [2.75, 3.05) is 6.54 Å². The summed E-state index contributed by atoms with van der Waals surface area (Å²) in [5.74, 6) is -0.386. The maximum absolute atomic E-state index is 13.1. The number of nitrogens with zero attached hydrogens (tertiary/aromatic N) is 2. The highest BCUT2D eigenvalue weighted by Gasteiger charge is 2.25. The predicted octanol–water partition coefficient (Wildman–Crippen LogP) is 2.23. The summed E-state index contributed by atoms with van der Waals surface area (Å²) in [6, 6.07) is 20.7. The molecule has 1 amide bonds. The molecule has 156 valence electrons. The van der Waals surface area contributed by atoms with Gasteiger partial charge in [0, 0.05) is 31.3 Å². The lowest BCUT2D eigenvalue weighted by Crippen LogP contribution is -2.45. The van der Waals surface area contributed by atoms with Crippen LogP contribution in [0.5, 0.6) is 0 Å². The van der Waals surface area contributed by atoms with Crippen molar-refractivity contribution in [2.24, 2.45) is 0 Å². The second-order valence-corrected chi connectivity index (χ2v) is 7.22. The fraction of sp³-hybridized carbons (Fsp3) is 0.167. The van der Waals surface area contributed by atoms with Crippen molar-refractivity contribution < 1.29 is 4.79 Å². The third-order valence-electron chi connectivity index (χ3n) is 5.13. The zero-order valence-electron chi connectivity index (χ0n) is 16.8. The maximum atomic E-state index is 13.1. The van der Waals surface area contributed by atoms with Crippen LogP contribution in [-0.2, 0) is 17.6 Å². The van der Waals surface area contributed by atoms with Crippen molar-refractivity contribution in [1.29, 1.82) is 0 Å². The van der Waals surface area contributed by atoms with Gasteiger partial charge in [0.25, 0.3) is 5.56 Å². The molecule has 0 aliphatic carbocycles. The largest absolute Gasteiger partial charge is 0.354 e. The molecule has 0 saturated carbocycles. The van der Waals surface area contributed by atoms with E-state index in [0.29, 0.717) is 23.9 Å². The Morgan fingerprint density at radius 1 is 0.968 bits per heavy atom. The Morgan fingerprint density at radius 2 is 1.71 bits per heavy atom. The Bertz CT molecular complexity index is 1300. The van der Waals surface area contributed by atoms with Crippen LogP contribution >= 0.6 is 0 Å². The van der Waals surface area contributed by atoms with Gasteiger partial charge in [-0.1, -0.05) is 48.5 Å². The molecular formula is C24H22N4O3. The molecule has 0 bridgehead atoms. The number of rotatable bonds is 7. The van der Waals surface area contributed by atoms with Gasteiger partial charge in [0.05, 0.1) is 10.9 Å². The van der Waals surface area contributed by atoms with E-state index in [1.807, 2.05) is 48.5 Å². The highest BCUT2D eigenvalue weighted by molar-refractivity contribution is 5.82. The first kappa shape index (κ1) is 20.3. The molecule has 4 rings (SSSR count). The number of H-pyrrole nitrogens is 1.